The number of nitrogens with zero attached hydrogens (tertiary/aromatic N) is 4. The maximum atomic E-state index is 13.8. The molecule has 0 radical (unpaired) electrons. The topological polar surface area (TPSA) is 139 Å². The molecule has 3 amide bonds. The van der Waals surface area contributed by atoms with Gasteiger partial charge < -0.3 is 19.7 Å². The largest absolute Gasteiger partial charge is 0.466 e. The average molecular weight is 629 g/mol. The zero-order valence-electron chi connectivity index (χ0n) is 25.8. The summed E-state index contributed by atoms with van der Waals surface area (Å²) in [5.41, 5.74) is -1.16. The lowest BCUT2D eigenvalue weighted by molar-refractivity contribution is -0.138. The fourth-order valence-electron chi connectivity index (χ4n) is 4.64. The SMILES string of the molecule is COC(=O)C1=C(C)N(c2cccc(C(F)(F)F)c2)C(=N)N(C(=O)NCCCN(C)C(=O)OC(C)(C)C)C1c1ccc(C#N)cc1. The third-order valence-corrected chi connectivity index (χ3v) is 6.76. The first-order valence-electron chi connectivity index (χ1n) is 13.9. The van der Waals surface area contributed by atoms with Crippen molar-refractivity contribution in [1.29, 1.82) is 10.7 Å². The number of guanidine groups is 1. The number of urea groups is 1. The third-order valence-electron chi connectivity index (χ3n) is 6.76. The molecule has 0 aliphatic carbocycles. The van der Waals surface area contributed by atoms with E-state index in [1.54, 1.807) is 27.8 Å². The molecule has 2 aromatic carbocycles. The maximum absolute atomic E-state index is 13.8. The van der Waals surface area contributed by atoms with Gasteiger partial charge in [-0.05, 0) is 70.0 Å². The number of carbonyl (C=O) groups is 3. The second-order valence-corrected chi connectivity index (χ2v) is 11.2. The normalized spacial score (nSPS) is 15.4. The number of benzene rings is 2. The van der Waals surface area contributed by atoms with Gasteiger partial charge in [0.15, 0.2) is 0 Å². The van der Waals surface area contributed by atoms with Crippen molar-refractivity contribution in [3.8, 4) is 6.07 Å². The molecular formula is C31H35F3N6O5. The Bertz CT molecular complexity index is 1530. The van der Waals surface area contributed by atoms with Crippen LogP contribution in [0.2, 0.25) is 0 Å². The summed E-state index contributed by atoms with van der Waals surface area (Å²) in [7, 11) is 2.67. The number of hydrogen-bond donors (Lipinski definition) is 2. The van der Waals surface area contributed by atoms with Crippen LogP contribution in [-0.2, 0) is 20.4 Å². The fraction of sp³-hybridized carbons (Fsp3) is 0.387. The van der Waals surface area contributed by atoms with Crippen LogP contribution in [0.4, 0.5) is 28.4 Å². The van der Waals surface area contributed by atoms with Crippen LogP contribution in [0, 0.1) is 16.7 Å². The van der Waals surface area contributed by atoms with Crippen LogP contribution in [0.3, 0.4) is 0 Å². The van der Waals surface area contributed by atoms with E-state index in [0.29, 0.717) is 17.5 Å². The highest BCUT2D eigenvalue weighted by Gasteiger charge is 2.44. The Balaban J connectivity index is 2.03. The summed E-state index contributed by atoms with van der Waals surface area (Å²) in [6, 6.07) is 10.1. The molecule has 1 atom stereocenters. The van der Waals surface area contributed by atoms with E-state index in [4.69, 9.17) is 14.9 Å². The number of carbonyl (C=O) groups excluding carboxylic acids is 3. The predicted molar refractivity (Wildman–Crippen MR) is 159 cm³/mol. The number of halogens is 3. The Morgan fingerprint density at radius 2 is 1.76 bits per heavy atom. The molecule has 3 rings (SSSR count). The summed E-state index contributed by atoms with van der Waals surface area (Å²) < 4.78 is 51.2. The van der Waals surface area contributed by atoms with Gasteiger partial charge in [-0.2, -0.15) is 18.4 Å². The third kappa shape index (κ3) is 8.11. The number of alkyl halides is 3. The Morgan fingerprint density at radius 1 is 1.11 bits per heavy atom. The van der Waals surface area contributed by atoms with Crippen molar-refractivity contribution in [2.24, 2.45) is 0 Å². The van der Waals surface area contributed by atoms with Gasteiger partial charge in [0.25, 0.3) is 0 Å². The number of ether oxygens (including phenoxy) is 2. The highest BCUT2D eigenvalue weighted by atomic mass is 19.4. The van der Waals surface area contributed by atoms with Crippen molar-refractivity contribution < 1.29 is 37.0 Å². The number of nitrogens with one attached hydrogen (secondary N) is 2. The van der Waals surface area contributed by atoms with Gasteiger partial charge in [-0.25, -0.2) is 14.4 Å². The maximum Gasteiger partial charge on any atom is 0.416 e. The Morgan fingerprint density at radius 3 is 2.31 bits per heavy atom. The minimum atomic E-state index is -4.69. The van der Waals surface area contributed by atoms with E-state index < -0.39 is 47.4 Å². The number of methoxy groups -OCH3 is 1. The van der Waals surface area contributed by atoms with Crippen molar-refractivity contribution in [2.45, 2.75) is 51.9 Å². The van der Waals surface area contributed by atoms with E-state index in [2.05, 4.69) is 5.32 Å². The number of hydrogen-bond acceptors (Lipinski definition) is 7. The average Bonchev–Trinajstić information content (AvgIpc) is 2.97. The van der Waals surface area contributed by atoms with Crippen molar-refractivity contribution in [3.05, 3.63) is 76.5 Å². The lowest BCUT2D eigenvalue weighted by Gasteiger charge is -2.43. The summed E-state index contributed by atoms with van der Waals surface area (Å²) in [5.74, 6) is -1.40. The summed E-state index contributed by atoms with van der Waals surface area (Å²) in [5, 5.41) is 21.0. The van der Waals surface area contributed by atoms with Gasteiger partial charge in [0.1, 0.15) is 11.6 Å². The monoisotopic (exact) mass is 628 g/mol. The van der Waals surface area contributed by atoms with Gasteiger partial charge in [-0.1, -0.05) is 18.2 Å². The summed E-state index contributed by atoms with van der Waals surface area (Å²) in [6.07, 6.45) is -4.95. The quantitative estimate of drug-likeness (QED) is 0.292. The molecular weight excluding hydrogens is 593 g/mol. The molecule has 0 fully saturated rings. The number of allylic oxidation sites excluding steroid dienone is 1. The van der Waals surface area contributed by atoms with Gasteiger partial charge in [-0.3, -0.25) is 15.2 Å². The van der Waals surface area contributed by atoms with E-state index in [-0.39, 0.29) is 30.0 Å². The lowest BCUT2D eigenvalue weighted by Crippen LogP contribution is -2.56. The molecule has 11 nitrogen and oxygen atoms in total. The number of anilines is 1. The van der Waals surface area contributed by atoms with Crippen molar-refractivity contribution >= 4 is 29.7 Å². The first-order valence-corrected chi connectivity index (χ1v) is 13.9. The van der Waals surface area contributed by atoms with Crippen LogP contribution in [0.25, 0.3) is 0 Å². The molecule has 240 valence electrons. The van der Waals surface area contributed by atoms with E-state index in [0.717, 1.165) is 35.1 Å². The van der Waals surface area contributed by atoms with Gasteiger partial charge in [0.05, 0.1) is 29.9 Å². The smallest absolute Gasteiger partial charge is 0.416 e. The molecule has 1 heterocycles. The Labute approximate surface area is 259 Å². The molecule has 1 aliphatic rings. The molecule has 1 unspecified atom stereocenters. The summed E-state index contributed by atoms with van der Waals surface area (Å²) >= 11 is 0. The van der Waals surface area contributed by atoms with Crippen molar-refractivity contribution in [2.75, 3.05) is 32.1 Å². The molecule has 0 saturated carbocycles. The molecule has 14 heteroatoms. The molecule has 45 heavy (non-hydrogen) atoms. The van der Waals surface area contributed by atoms with Crippen molar-refractivity contribution in [1.82, 2.24) is 15.1 Å². The zero-order chi connectivity index (χ0) is 33.7. The summed E-state index contributed by atoms with van der Waals surface area (Å²) in [6.45, 7) is 6.90. The number of rotatable bonds is 7. The lowest BCUT2D eigenvalue weighted by atomic mass is 9.92. The minimum absolute atomic E-state index is 0.0374. The van der Waals surface area contributed by atoms with E-state index >= 15 is 0 Å². The first kappa shape index (κ1) is 34.4. The highest BCUT2D eigenvalue weighted by molar-refractivity contribution is 6.10. The van der Waals surface area contributed by atoms with E-state index in [1.165, 1.54) is 42.2 Å². The number of nitriles is 1. The van der Waals surface area contributed by atoms with Gasteiger partial charge in [0, 0.05) is 31.5 Å². The minimum Gasteiger partial charge on any atom is -0.466 e. The second-order valence-electron chi connectivity index (χ2n) is 11.2. The molecule has 2 aromatic rings. The summed E-state index contributed by atoms with van der Waals surface area (Å²) in [4.78, 5) is 42.7. The highest BCUT2D eigenvalue weighted by Crippen LogP contribution is 2.41. The predicted octanol–water partition coefficient (Wildman–Crippen LogP) is 5.79. The molecule has 0 bridgehead atoms. The van der Waals surface area contributed by atoms with Gasteiger partial charge in [0.2, 0.25) is 5.96 Å². The number of esters is 1. The van der Waals surface area contributed by atoms with Crippen LogP contribution in [-0.4, -0.2) is 66.7 Å². The van der Waals surface area contributed by atoms with Crippen LogP contribution < -0.4 is 10.2 Å². The standard InChI is InChI=1S/C31H35F3N6O5/c1-19-24(26(41)44-6)25(21-13-11-20(18-35)12-14-21)40(27(36)39(19)23-10-7-9-22(17-23)31(32,33)34)28(42)37-15-8-16-38(5)29(43)45-30(2,3)4/h7,9-14,17,25,36H,8,15-16H2,1-6H3,(H,37,42). The molecule has 0 saturated heterocycles. The zero-order valence-corrected chi connectivity index (χ0v) is 25.8. The van der Waals surface area contributed by atoms with Crippen molar-refractivity contribution in [3.63, 3.8) is 0 Å². The second kappa shape index (κ2) is 13.7. The van der Waals surface area contributed by atoms with Crippen LogP contribution >= 0.6 is 0 Å². The molecule has 0 aromatic heterocycles. The van der Waals surface area contributed by atoms with E-state index in [1.807, 2.05) is 6.07 Å². The number of amides is 3. The van der Waals surface area contributed by atoms with E-state index in [9.17, 15) is 32.8 Å². The molecule has 0 spiro atoms. The molecule has 1 aliphatic heterocycles. The van der Waals surface area contributed by atoms with Gasteiger partial charge >= 0.3 is 24.3 Å². The van der Waals surface area contributed by atoms with Crippen LogP contribution in [0.15, 0.2) is 59.8 Å². The van der Waals surface area contributed by atoms with Crippen LogP contribution in [0.5, 0.6) is 0 Å². The fourth-order valence-corrected chi connectivity index (χ4v) is 4.64. The van der Waals surface area contributed by atoms with Crippen LogP contribution in [0.1, 0.15) is 56.8 Å². The molecule has 2 N–H and O–H groups in total. The van der Waals surface area contributed by atoms with Gasteiger partial charge in [-0.15, -0.1) is 0 Å². The Hall–Kier alpha value is -5.06. The Kier molecular flexibility index (Phi) is 10.5. The first-order chi connectivity index (χ1) is 21.0.